The molecular formula is C13H18CaN2O5S+2. The van der Waals surface area contributed by atoms with Crippen LogP contribution in [0.4, 0.5) is 11.4 Å². The van der Waals surface area contributed by atoms with Crippen LogP contribution in [0.2, 0.25) is 0 Å². The molecule has 0 atom stereocenters. The summed E-state index contributed by atoms with van der Waals surface area (Å²) in [5.74, 6) is 0.210. The van der Waals surface area contributed by atoms with Crippen molar-refractivity contribution < 1.29 is 18.1 Å². The molecule has 0 bridgehead atoms. The van der Waals surface area contributed by atoms with Crippen LogP contribution in [-0.4, -0.2) is 63.4 Å². The number of nitrogens with zero attached hydrogens (tertiary/aromatic N) is 1. The zero-order valence-electron chi connectivity index (χ0n) is 12.4. The number of nitrogens with one attached hydrogen (secondary N) is 1. The van der Waals surface area contributed by atoms with E-state index in [2.05, 4.69) is 4.72 Å². The van der Waals surface area contributed by atoms with Crippen molar-refractivity contribution in [2.24, 2.45) is 0 Å². The van der Waals surface area contributed by atoms with Crippen molar-refractivity contribution in [3.05, 3.63) is 28.3 Å². The minimum atomic E-state index is -3.47. The number of hydrogen-bond donors (Lipinski definition) is 1. The minimum Gasteiger partial charge on any atom is -0.488 e. The number of rotatable bonds is 5. The molecule has 0 aromatic heterocycles. The van der Waals surface area contributed by atoms with Gasteiger partial charge in [0.2, 0.25) is 10.0 Å². The first-order valence-corrected chi connectivity index (χ1v) is 8.67. The van der Waals surface area contributed by atoms with Gasteiger partial charge < -0.3 is 4.74 Å². The summed E-state index contributed by atoms with van der Waals surface area (Å²) in [6.45, 7) is 0. The molecule has 0 spiro atoms. The van der Waals surface area contributed by atoms with Gasteiger partial charge in [0.15, 0.2) is 5.75 Å². The number of ether oxygens (including phenoxy) is 1. The van der Waals surface area contributed by atoms with Gasteiger partial charge in [0.05, 0.1) is 29.0 Å². The number of nitro groups is 1. The van der Waals surface area contributed by atoms with E-state index >= 15 is 0 Å². The molecule has 1 fully saturated rings. The van der Waals surface area contributed by atoms with Crippen LogP contribution < -0.4 is 9.46 Å². The summed E-state index contributed by atoms with van der Waals surface area (Å²) < 4.78 is 30.8. The number of benzene rings is 1. The molecule has 0 aliphatic heterocycles. The van der Waals surface area contributed by atoms with Crippen molar-refractivity contribution in [3.63, 3.8) is 0 Å². The first-order valence-electron chi connectivity index (χ1n) is 6.78. The molecule has 1 aliphatic carbocycles. The SMILES string of the molecule is CS(=O)(=O)Nc1ccc([N+](=O)[O-])cc1OC1CCCCC1.[Ca+2]. The molecule has 9 heteroatoms. The van der Waals surface area contributed by atoms with Crippen molar-refractivity contribution in [2.75, 3.05) is 11.0 Å². The van der Waals surface area contributed by atoms with Crippen LogP contribution in [0.15, 0.2) is 18.2 Å². The van der Waals surface area contributed by atoms with Crippen LogP contribution in [0.3, 0.4) is 0 Å². The van der Waals surface area contributed by atoms with E-state index in [4.69, 9.17) is 4.74 Å². The van der Waals surface area contributed by atoms with Crippen LogP contribution in [-0.2, 0) is 10.0 Å². The van der Waals surface area contributed by atoms with Crippen molar-refractivity contribution in [2.45, 2.75) is 38.2 Å². The van der Waals surface area contributed by atoms with Gasteiger partial charge in [0, 0.05) is 6.07 Å². The Morgan fingerprint density at radius 2 is 1.91 bits per heavy atom. The summed E-state index contributed by atoms with van der Waals surface area (Å²) in [7, 11) is -3.47. The van der Waals surface area contributed by atoms with Crippen molar-refractivity contribution in [1.29, 1.82) is 0 Å². The van der Waals surface area contributed by atoms with E-state index in [0.29, 0.717) is 0 Å². The number of non-ortho nitro benzene ring substituents is 1. The van der Waals surface area contributed by atoms with Crippen molar-refractivity contribution in [3.8, 4) is 5.75 Å². The van der Waals surface area contributed by atoms with Gasteiger partial charge in [-0.1, -0.05) is 6.42 Å². The molecular weight excluding hydrogens is 336 g/mol. The number of nitro benzene ring substituents is 1. The zero-order valence-corrected chi connectivity index (χ0v) is 15.5. The van der Waals surface area contributed by atoms with Crippen LogP contribution >= 0.6 is 0 Å². The second kappa shape index (κ2) is 8.33. The summed E-state index contributed by atoms with van der Waals surface area (Å²) in [5, 5.41) is 10.9. The Morgan fingerprint density at radius 3 is 2.45 bits per heavy atom. The van der Waals surface area contributed by atoms with Crippen LogP contribution in [0.1, 0.15) is 32.1 Å². The number of anilines is 1. The van der Waals surface area contributed by atoms with Gasteiger partial charge in [-0.25, -0.2) is 8.42 Å². The summed E-state index contributed by atoms with van der Waals surface area (Å²) >= 11 is 0. The quantitative estimate of drug-likeness (QED) is 0.497. The van der Waals surface area contributed by atoms with Crippen molar-refractivity contribution >= 4 is 59.1 Å². The second-order valence-corrected chi connectivity index (χ2v) is 6.94. The first-order chi connectivity index (χ1) is 9.85. The summed E-state index contributed by atoms with van der Waals surface area (Å²) in [6, 6.07) is 3.88. The van der Waals surface area contributed by atoms with Gasteiger partial charge in [0.1, 0.15) is 0 Å². The standard InChI is InChI=1S/C13H18N2O5S.Ca/c1-21(18,19)14-12-8-7-10(15(16)17)9-13(12)20-11-5-3-2-4-6-11;/h7-9,11,14H,2-6H2,1H3;/q;+2. The molecule has 1 aromatic carbocycles. The predicted octanol–water partition coefficient (Wildman–Crippen LogP) is 2.30. The van der Waals surface area contributed by atoms with Crippen molar-refractivity contribution in [1.82, 2.24) is 0 Å². The smallest absolute Gasteiger partial charge is 0.488 e. The topological polar surface area (TPSA) is 98.5 Å². The fraction of sp³-hybridized carbons (Fsp3) is 0.538. The molecule has 1 N–H and O–H groups in total. The van der Waals surface area contributed by atoms with Gasteiger partial charge in [-0.05, 0) is 31.7 Å². The van der Waals surface area contributed by atoms with Gasteiger partial charge in [-0.3, -0.25) is 14.8 Å². The molecule has 22 heavy (non-hydrogen) atoms. The average Bonchev–Trinajstić information content (AvgIpc) is 2.40. The van der Waals surface area contributed by atoms with Gasteiger partial charge >= 0.3 is 37.7 Å². The third kappa shape index (κ3) is 5.91. The van der Waals surface area contributed by atoms with Gasteiger partial charge in [0.25, 0.3) is 5.69 Å². The Kier molecular flexibility index (Phi) is 7.37. The van der Waals surface area contributed by atoms with E-state index in [0.717, 1.165) is 38.4 Å². The van der Waals surface area contributed by atoms with E-state index in [1.807, 2.05) is 0 Å². The average molecular weight is 354 g/mol. The fourth-order valence-corrected chi connectivity index (χ4v) is 2.94. The first kappa shape index (κ1) is 19.5. The molecule has 7 nitrogen and oxygen atoms in total. The molecule has 0 heterocycles. The molecule has 1 aliphatic rings. The Bertz CT molecular complexity index is 629. The minimum absolute atomic E-state index is 0. The second-order valence-electron chi connectivity index (χ2n) is 5.19. The molecule has 116 valence electrons. The summed E-state index contributed by atoms with van der Waals surface area (Å²) in [4.78, 5) is 10.3. The van der Waals surface area contributed by atoms with Crippen LogP contribution in [0, 0.1) is 10.1 Å². The molecule has 1 saturated carbocycles. The molecule has 2 rings (SSSR count). The predicted molar refractivity (Wildman–Crippen MR) is 84.8 cm³/mol. The molecule has 0 amide bonds. The monoisotopic (exact) mass is 354 g/mol. The van der Waals surface area contributed by atoms with Gasteiger partial charge in [-0.2, -0.15) is 0 Å². The van der Waals surface area contributed by atoms with E-state index in [1.54, 1.807) is 0 Å². The summed E-state index contributed by atoms with van der Waals surface area (Å²) in [6.07, 6.45) is 6.01. The Hall–Kier alpha value is -0.570. The molecule has 1 aromatic rings. The Labute approximate surface area is 159 Å². The van der Waals surface area contributed by atoms with E-state index in [1.165, 1.54) is 18.2 Å². The fourth-order valence-electron chi connectivity index (χ4n) is 2.37. The maximum Gasteiger partial charge on any atom is 2.00 e. The molecule has 0 unspecified atom stereocenters. The zero-order chi connectivity index (χ0) is 15.5. The normalized spacial score (nSPS) is 15.7. The van der Waals surface area contributed by atoms with E-state index in [9.17, 15) is 18.5 Å². The van der Waals surface area contributed by atoms with E-state index < -0.39 is 14.9 Å². The number of hydrogen-bond acceptors (Lipinski definition) is 5. The Balaban J connectivity index is 0.00000242. The molecule has 0 saturated heterocycles. The maximum absolute atomic E-state index is 11.4. The summed E-state index contributed by atoms with van der Waals surface area (Å²) in [5.41, 5.74) is 0.105. The third-order valence-corrected chi connectivity index (χ3v) is 3.91. The maximum atomic E-state index is 11.4. The number of sulfonamides is 1. The Morgan fingerprint density at radius 1 is 1.27 bits per heavy atom. The molecule has 0 radical (unpaired) electrons. The third-order valence-electron chi connectivity index (χ3n) is 3.32. The van der Waals surface area contributed by atoms with E-state index in [-0.39, 0.29) is 61.0 Å². The van der Waals surface area contributed by atoms with Crippen LogP contribution in [0.25, 0.3) is 0 Å². The van der Waals surface area contributed by atoms with Gasteiger partial charge in [-0.15, -0.1) is 0 Å². The largest absolute Gasteiger partial charge is 2.00 e. The van der Waals surface area contributed by atoms with Crippen LogP contribution in [0.5, 0.6) is 5.75 Å².